The molecule has 0 aliphatic carbocycles. The smallest absolute Gasteiger partial charge is 0.194 e. The zero-order valence-corrected chi connectivity index (χ0v) is 18.5. The fraction of sp³-hybridized carbons (Fsp3) is 0.526. The van der Waals surface area contributed by atoms with E-state index in [9.17, 15) is 0 Å². The zero-order chi connectivity index (χ0) is 19.6. The van der Waals surface area contributed by atoms with E-state index in [0.29, 0.717) is 6.54 Å². The molecule has 0 aliphatic rings. The lowest BCUT2D eigenvalue weighted by atomic mass is 10.2. The van der Waals surface area contributed by atoms with Gasteiger partial charge in [0.15, 0.2) is 11.8 Å². The number of aryl methyl sites for hydroxylation is 1. The molecule has 1 N–H and O–H groups in total. The van der Waals surface area contributed by atoms with Crippen LogP contribution in [0.1, 0.15) is 23.6 Å². The first-order valence-electron chi connectivity index (χ1n) is 9.01. The van der Waals surface area contributed by atoms with E-state index >= 15 is 0 Å². The minimum atomic E-state index is 0.512. The summed E-state index contributed by atoms with van der Waals surface area (Å²) in [7, 11) is 4.05. The molecule has 0 saturated heterocycles. The van der Waals surface area contributed by atoms with Crippen LogP contribution >= 0.6 is 23.5 Å². The second kappa shape index (κ2) is 11.2. The van der Waals surface area contributed by atoms with E-state index in [2.05, 4.69) is 64.2 Å². The second-order valence-corrected chi connectivity index (χ2v) is 8.20. The number of rotatable bonds is 9. The van der Waals surface area contributed by atoms with E-state index in [-0.39, 0.29) is 0 Å². The molecule has 8 heteroatoms. The number of nitrogens with one attached hydrogen (secondary N) is 1. The Morgan fingerprint density at radius 1 is 1.22 bits per heavy atom. The number of thioether (sulfide) groups is 2. The van der Waals surface area contributed by atoms with Gasteiger partial charge < -0.3 is 14.8 Å². The third-order valence-electron chi connectivity index (χ3n) is 4.30. The van der Waals surface area contributed by atoms with Gasteiger partial charge in [0.05, 0.1) is 0 Å². The van der Waals surface area contributed by atoms with Crippen molar-refractivity contribution >= 4 is 29.5 Å². The van der Waals surface area contributed by atoms with Gasteiger partial charge in [0.2, 0.25) is 0 Å². The average molecular weight is 407 g/mol. The van der Waals surface area contributed by atoms with E-state index < -0.39 is 0 Å². The summed E-state index contributed by atoms with van der Waals surface area (Å²) >= 11 is 3.63. The number of benzene rings is 1. The van der Waals surface area contributed by atoms with Crippen LogP contribution in [0.3, 0.4) is 0 Å². The minimum absolute atomic E-state index is 0.512. The molecule has 0 fully saturated rings. The molecule has 0 saturated carbocycles. The lowest BCUT2D eigenvalue weighted by molar-refractivity contribution is 0.474. The number of aliphatic imine (C=N–C) groups is 1. The van der Waals surface area contributed by atoms with Crippen molar-refractivity contribution in [2.45, 2.75) is 31.3 Å². The van der Waals surface area contributed by atoms with Crippen molar-refractivity contribution in [2.75, 3.05) is 31.9 Å². The van der Waals surface area contributed by atoms with Gasteiger partial charge in [-0.1, -0.05) is 12.1 Å². The van der Waals surface area contributed by atoms with Crippen molar-refractivity contribution in [3.05, 3.63) is 41.5 Å². The molecular formula is C19H30N6S2. The molecule has 6 nitrogen and oxygen atoms in total. The van der Waals surface area contributed by atoms with Crippen LogP contribution in [0.2, 0.25) is 0 Å². The topological polar surface area (TPSA) is 58.3 Å². The SMILES string of the molecule is CSCCCNC(=NCc1nnc(C)n1C)N(C)Cc1ccc(SC)cc1. The van der Waals surface area contributed by atoms with E-state index in [1.807, 2.05) is 30.3 Å². The van der Waals surface area contributed by atoms with Gasteiger partial charge >= 0.3 is 0 Å². The van der Waals surface area contributed by atoms with Crippen LogP contribution in [0.25, 0.3) is 0 Å². The van der Waals surface area contributed by atoms with E-state index in [1.165, 1.54) is 10.5 Å². The van der Waals surface area contributed by atoms with Crippen LogP contribution in [0.5, 0.6) is 0 Å². The highest BCUT2D eigenvalue weighted by molar-refractivity contribution is 7.98. The van der Waals surface area contributed by atoms with E-state index in [4.69, 9.17) is 4.99 Å². The van der Waals surface area contributed by atoms with Crippen LogP contribution < -0.4 is 5.32 Å². The third kappa shape index (κ3) is 6.77. The van der Waals surface area contributed by atoms with E-state index in [0.717, 1.165) is 42.9 Å². The Morgan fingerprint density at radius 3 is 2.56 bits per heavy atom. The molecule has 1 aromatic carbocycles. The highest BCUT2D eigenvalue weighted by Gasteiger charge is 2.09. The van der Waals surface area contributed by atoms with Gasteiger partial charge in [-0.05, 0) is 49.3 Å². The number of aromatic nitrogens is 3. The number of guanidine groups is 1. The van der Waals surface area contributed by atoms with Crippen LogP contribution in [-0.4, -0.2) is 57.5 Å². The second-order valence-electron chi connectivity index (χ2n) is 6.34. The van der Waals surface area contributed by atoms with Crippen LogP contribution in [0.4, 0.5) is 0 Å². The van der Waals surface area contributed by atoms with Gasteiger partial charge in [-0.15, -0.1) is 22.0 Å². The maximum Gasteiger partial charge on any atom is 0.194 e. The predicted molar refractivity (Wildman–Crippen MR) is 118 cm³/mol. The van der Waals surface area contributed by atoms with Crippen molar-refractivity contribution < 1.29 is 0 Å². The predicted octanol–water partition coefficient (Wildman–Crippen LogP) is 3.18. The minimum Gasteiger partial charge on any atom is -0.356 e. The molecule has 2 aromatic rings. The number of nitrogens with zero attached hydrogens (tertiary/aromatic N) is 5. The summed E-state index contributed by atoms with van der Waals surface area (Å²) in [5, 5.41) is 11.8. The summed E-state index contributed by atoms with van der Waals surface area (Å²) < 4.78 is 1.98. The first kappa shape index (κ1) is 21.6. The Morgan fingerprint density at radius 2 is 1.96 bits per heavy atom. The normalized spacial score (nSPS) is 11.7. The summed E-state index contributed by atoms with van der Waals surface area (Å²) in [6, 6.07) is 8.69. The molecule has 0 radical (unpaired) electrons. The van der Waals surface area contributed by atoms with Crippen molar-refractivity contribution in [3.63, 3.8) is 0 Å². The maximum absolute atomic E-state index is 4.79. The van der Waals surface area contributed by atoms with Crippen LogP contribution in [-0.2, 0) is 20.1 Å². The maximum atomic E-state index is 4.79. The quantitative estimate of drug-likeness (QED) is 0.299. The van der Waals surface area contributed by atoms with Crippen molar-refractivity contribution in [2.24, 2.45) is 12.0 Å². The summed E-state index contributed by atoms with van der Waals surface area (Å²) in [5.74, 6) is 3.80. The Hall–Kier alpha value is -1.67. The molecule has 148 valence electrons. The molecule has 1 aromatic heterocycles. The Labute approximate surface area is 171 Å². The first-order chi connectivity index (χ1) is 13.0. The highest BCUT2D eigenvalue weighted by Crippen LogP contribution is 2.15. The molecule has 0 aliphatic heterocycles. The third-order valence-corrected chi connectivity index (χ3v) is 5.74. The highest BCUT2D eigenvalue weighted by atomic mass is 32.2. The van der Waals surface area contributed by atoms with Crippen LogP contribution in [0, 0.1) is 6.92 Å². The molecule has 0 amide bonds. The van der Waals surface area contributed by atoms with Crippen LogP contribution in [0.15, 0.2) is 34.2 Å². The molecular weight excluding hydrogens is 376 g/mol. The summed E-state index contributed by atoms with van der Waals surface area (Å²) in [5.41, 5.74) is 1.27. The molecule has 0 bridgehead atoms. The van der Waals surface area contributed by atoms with Gasteiger partial charge in [-0.2, -0.15) is 11.8 Å². The lowest BCUT2D eigenvalue weighted by Gasteiger charge is -2.23. The zero-order valence-electron chi connectivity index (χ0n) is 16.9. The van der Waals surface area contributed by atoms with E-state index in [1.54, 1.807) is 11.8 Å². The fourth-order valence-corrected chi connectivity index (χ4v) is 3.38. The lowest BCUT2D eigenvalue weighted by Crippen LogP contribution is -2.39. The van der Waals surface area contributed by atoms with Crippen molar-refractivity contribution in [3.8, 4) is 0 Å². The first-order valence-corrected chi connectivity index (χ1v) is 11.6. The van der Waals surface area contributed by atoms with Crippen molar-refractivity contribution in [1.29, 1.82) is 0 Å². The van der Waals surface area contributed by atoms with Gasteiger partial charge in [0.1, 0.15) is 12.4 Å². The Bertz CT molecular complexity index is 726. The Balaban J connectivity index is 2.06. The molecule has 1 heterocycles. The van der Waals surface area contributed by atoms with Gasteiger partial charge in [-0.25, -0.2) is 4.99 Å². The monoisotopic (exact) mass is 406 g/mol. The van der Waals surface area contributed by atoms with Gasteiger partial charge in [0.25, 0.3) is 0 Å². The summed E-state index contributed by atoms with van der Waals surface area (Å²) in [4.78, 5) is 8.24. The largest absolute Gasteiger partial charge is 0.356 e. The molecule has 27 heavy (non-hydrogen) atoms. The molecule has 0 unspecified atom stereocenters. The number of hydrogen-bond donors (Lipinski definition) is 1. The van der Waals surface area contributed by atoms with Gasteiger partial charge in [-0.3, -0.25) is 0 Å². The standard InChI is InChI=1S/C19H30N6S2/c1-15-22-23-18(25(15)3)13-21-19(20-11-6-12-26-4)24(2)14-16-7-9-17(27-5)10-8-16/h7-10H,6,11-14H2,1-5H3,(H,20,21). The Kier molecular flexibility index (Phi) is 9.00. The molecule has 0 spiro atoms. The molecule has 0 atom stereocenters. The van der Waals surface area contributed by atoms with Gasteiger partial charge in [0, 0.05) is 32.1 Å². The molecule has 2 rings (SSSR count). The summed E-state index contributed by atoms with van der Waals surface area (Å²) in [6.07, 6.45) is 5.34. The fourth-order valence-electron chi connectivity index (χ4n) is 2.54. The number of hydrogen-bond acceptors (Lipinski definition) is 5. The average Bonchev–Trinajstić information content (AvgIpc) is 3.00. The van der Waals surface area contributed by atoms with Crippen molar-refractivity contribution in [1.82, 2.24) is 25.0 Å². The summed E-state index contributed by atoms with van der Waals surface area (Å²) in [6.45, 7) is 4.18.